The van der Waals surface area contributed by atoms with Crippen molar-refractivity contribution in [3.8, 4) is 16.3 Å². The third-order valence-electron chi connectivity index (χ3n) is 5.70. The van der Waals surface area contributed by atoms with E-state index in [2.05, 4.69) is 82.4 Å². The first-order chi connectivity index (χ1) is 17.2. The summed E-state index contributed by atoms with van der Waals surface area (Å²) in [6.45, 7) is 2.09. The van der Waals surface area contributed by atoms with Crippen molar-refractivity contribution in [1.29, 1.82) is 0 Å². The van der Waals surface area contributed by atoms with E-state index in [0.717, 1.165) is 49.5 Å². The van der Waals surface area contributed by atoms with Gasteiger partial charge < -0.3 is 10.6 Å². The quantitative estimate of drug-likeness (QED) is 0.264. The molecular formula is C28H22N6S. The van der Waals surface area contributed by atoms with Crippen LogP contribution in [-0.4, -0.2) is 20.0 Å². The monoisotopic (exact) mass is 474 g/mol. The van der Waals surface area contributed by atoms with Crippen LogP contribution >= 0.6 is 11.3 Å². The van der Waals surface area contributed by atoms with Gasteiger partial charge in [0.25, 0.3) is 0 Å². The Bertz CT molecular complexity index is 1580. The van der Waals surface area contributed by atoms with Crippen LogP contribution in [0.3, 0.4) is 0 Å². The summed E-state index contributed by atoms with van der Waals surface area (Å²) in [5.74, 6) is 0.933. The standard InChI is InChI=1S/C28H22N6S/c1-19-11-17-23(18-12-19)34-26(24-9-5-6-10-25(24)33-34)29-22-15-13-20(14-16-22)27-31-32-28(35-27)30-21-7-3-2-4-8-21/h2-18,29H,1H3,(H,30,32). The van der Waals surface area contributed by atoms with Crippen molar-refractivity contribution in [2.75, 3.05) is 10.6 Å². The fraction of sp³-hybridized carbons (Fsp3) is 0.0357. The molecule has 6 aromatic rings. The maximum atomic E-state index is 4.84. The molecule has 0 aliphatic heterocycles. The average Bonchev–Trinajstić information content (AvgIpc) is 3.51. The normalized spacial score (nSPS) is 11.0. The maximum Gasteiger partial charge on any atom is 0.210 e. The third-order valence-corrected chi connectivity index (χ3v) is 6.59. The van der Waals surface area contributed by atoms with Gasteiger partial charge in [-0.05, 0) is 67.6 Å². The molecule has 7 heteroatoms. The number of para-hydroxylation sites is 1. The predicted molar refractivity (Wildman–Crippen MR) is 144 cm³/mol. The van der Waals surface area contributed by atoms with E-state index in [1.807, 2.05) is 53.2 Å². The molecule has 2 aromatic heterocycles. The van der Waals surface area contributed by atoms with Crippen molar-refractivity contribution in [2.24, 2.45) is 0 Å². The van der Waals surface area contributed by atoms with E-state index in [1.165, 1.54) is 16.9 Å². The lowest BCUT2D eigenvalue weighted by Gasteiger charge is -2.11. The summed E-state index contributed by atoms with van der Waals surface area (Å²) in [7, 11) is 0. The lowest BCUT2D eigenvalue weighted by Crippen LogP contribution is -2.02. The van der Waals surface area contributed by atoms with Crippen molar-refractivity contribution in [1.82, 2.24) is 20.0 Å². The second-order valence-corrected chi connectivity index (χ2v) is 9.20. The van der Waals surface area contributed by atoms with Crippen molar-refractivity contribution >= 4 is 44.6 Å². The maximum absolute atomic E-state index is 4.84. The first-order valence-corrected chi connectivity index (χ1v) is 12.1. The molecule has 0 unspecified atom stereocenters. The van der Waals surface area contributed by atoms with Gasteiger partial charge in [-0.15, -0.1) is 10.2 Å². The molecule has 2 heterocycles. The fourth-order valence-electron chi connectivity index (χ4n) is 3.89. The van der Waals surface area contributed by atoms with Crippen molar-refractivity contribution in [3.05, 3.63) is 109 Å². The third kappa shape index (κ3) is 4.37. The number of aromatic nitrogens is 4. The van der Waals surface area contributed by atoms with E-state index in [-0.39, 0.29) is 0 Å². The molecule has 0 aliphatic rings. The van der Waals surface area contributed by atoms with Crippen LogP contribution in [0, 0.1) is 6.92 Å². The number of rotatable bonds is 6. The van der Waals surface area contributed by atoms with Gasteiger partial charge >= 0.3 is 0 Å². The Balaban J connectivity index is 1.27. The van der Waals surface area contributed by atoms with Crippen LogP contribution < -0.4 is 10.6 Å². The van der Waals surface area contributed by atoms with Crippen LogP contribution in [0.15, 0.2) is 103 Å². The average molecular weight is 475 g/mol. The van der Waals surface area contributed by atoms with Gasteiger partial charge in [-0.3, -0.25) is 0 Å². The molecule has 0 bridgehead atoms. The molecule has 0 saturated heterocycles. The van der Waals surface area contributed by atoms with Gasteiger partial charge in [0.05, 0.1) is 11.2 Å². The van der Waals surface area contributed by atoms with Gasteiger partial charge in [0.2, 0.25) is 5.13 Å². The van der Waals surface area contributed by atoms with Crippen LogP contribution in [0.25, 0.3) is 27.2 Å². The van der Waals surface area contributed by atoms with Crippen molar-refractivity contribution in [2.45, 2.75) is 6.92 Å². The van der Waals surface area contributed by atoms with E-state index in [1.54, 1.807) is 0 Å². The number of anilines is 4. The van der Waals surface area contributed by atoms with E-state index in [9.17, 15) is 0 Å². The number of nitrogens with zero attached hydrogens (tertiary/aromatic N) is 4. The van der Waals surface area contributed by atoms with E-state index in [0.29, 0.717) is 0 Å². The van der Waals surface area contributed by atoms with Gasteiger partial charge in [-0.2, -0.15) is 5.10 Å². The molecule has 0 saturated carbocycles. The minimum atomic E-state index is 0.766. The Morgan fingerprint density at radius 2 is 1.40 bits per heavy atom. The molecule has 0 spiro atoms. The molecule has 35 heavy (non-hydrogen) atoms. The molecule has 6 nitrogen and oxygen atoms in total. The molecule has 4 aromatic carbocycles. The number of hydrogen-bond acceptors (Lipinski definition) is 6. The Labute approximate surface area is 206 Å². The first-order valence-electron chi connectivity index (χ1n) is 11.3. The summed E-state index contributed by atoms with van der Waals surface area (Å²) in [5, 5.41) is 23.1. The Morgan fingerprint density at radius 3 is 2.20 bits per heavy atom. The van der Waals surface area contributed by atoms with Crippen molar-refractivity contribution < 1.29 is 0 Å². The topological polar surface area (TPSA) is 67.7 Å². The number of nitrogens with one attached hydrogen (secondary N) is 2. The van der Waals surface area contributed by atoms with Gasteiger partial charge in [-0.1, -0.05) is 59.4 Å². The highest BCUT2D eigenvalue weighted by molar-refractivity contribution is 7.18. The summed E-state index contributed by atoms with van der Waals surface area (Å²) < 4.78 is 1.96. The van der Waals surface area contributed by atoms with Gasteiger partial charge in [0.1, 0.15) is 10.8 Å². The lowest BCUT2D eigenvalue weighted by atomic mass is 10.2. The summed E-state index contributed by atoms with van der Waals surface area (Å²) >= 11 is 1.53. The van der Waals surface area contributed by atoms with Crippen LogP contribution in [0.1, 0.15) is 5.56 Å². The minimum Gasteiger partial charge on any atom is -0.340 e. The van der Waals surface area contributed by atoms with E-state index >= 15 is 0 Å². The number of fused-ring (bicyclic) bond motifs is 1. The minimum absolute atomic E-state index is 0.766. The van der Waals surface area contributed by atoms with Crippen LogP contribution in [-0.2, 0) is 0 Å². The number of benzene rings is 4. The molecule has 0 radical (unpaired) electrons. The molecule has 0 atom stereocenters. The fourth-order valence-corrected chi connectivity index (χ4v) is 4.66. The van der Waals surface area contributed by atoms with Crippen LogP contribution in [0.4, 0.5) is 22.3 Å². The highest BCUT2D eigenvalue weighted by atomic mass is 32.1. The summed E-state index contributed by atoms with van der Waals surface area (Å²) in [6.07, 6.45) is 0. The van der Waals surface area contributed by atoms with E-state index in [4.69, 9.17) is 5.10 Å². The summed E-state index contributed by atoms with van der Waals surface area (Å²) in [6, 6.07) is 34.8. The zero-order valence-corrected chi connectivity index (χ0v) is 19.8. The molecular weight excluding hydrogens is 452 g/mol. The summed E-state index contributed by atoms with van der Waals surface area (Å²) in [4.78, 5) is 0. The highest BCUT2D eigenvalue weighted by Crippen LogP contribution is 2.32. The first kappa shape index (κ1) is 21.1. The molecule has 0 aliphatic carbocycles. The van der Waals surface area contributed by atoms with Crippen LogP contribution in [0.5, 0.6) is 0 Å². The Morgan fingerprint density at radius 1 is 0.686 bits per heavy atom. The number of aryl methyl sites for hydroxylation is 1. The lowest BCUT2D eigenvalue weighted by molar-refractivity contribution is 0.903. The SMILES string of the molecule is Cc1ccc(-n2nc3ccccc3c2Nc2ccc(-c3nnc(Nc4ccccc4)s3)cc2)cc1. The Hall–Kier alpha value is -4.49. The Kier molecular flexibility index (Phi) is 5.44. The zero-order valence-electron chi connectivity index (χ0n) is 19.0. The number of hydrogen-bond donors (Lipinski definition) is 2. The van der Waals surface area contributed by atoms with Gasteiger partial charge in [0.15, 0.2) is 0 Å². The molecule has 6 rings (SSSR count). The summed E-state index contributed by atoms with van der Waals surface area (Å²) in [5.41, 5.74) is 6.16. The predicted octanol–water partition coefficient (Wildman–Crippen LogP) is 7.34. The van der Waals surface area contributed by atoms with Crippen LogP contribution in [0.2, 0.25) is 0 Å². The second kappa shape index (κ2) is 9.04. The van der Waals surface area contributed by atoms with Gasteiger partial charge in [0, 0.05) is 22.3 Å². The molecule has 2 N–H and O–H groups in total. The smallest absolute Gasteiger partial charge is 0.210 e. The largest absolute Gasteiger partial charge is 0.340 e. The van der Waals surface area contributed by atoms with E-state index < -0.39 is 0 Å². The zero-order chi connectivity index (χ0) is 23.6. The molecule has 170 valence electrons. The highest BCUT2D eigenvalue weighted by Gasteiger charge is 2.13. The molecule has 0 amide bonds. The van der Waals surface area contributed by atoms with Crippen molar-refractivity contribution in [3.63, 3.8) is 0 Å². The van der Waals surface area contributed by atoms with Gasteiger partial charge in [-0.25, -0.2) is 4.68 Å². The second-order valence-electron chi connectivity index (χ2n) is 8.22. The molecule has 0 fully saturated rings.